The lowest BCUT2D eigenvalue weighted by Gasteiger charge is -2.29. The van der Waals surface area contributed by atoms with E-state index in [0.29, 0.717) is 31.6 Å². The van der Waals surface area contributed by atoms with Gasteiger partial charge in [-0.05, 0) is 41.3 Å². The van der Waals surface area contributed by atoms with Crippen LogP contribution in [0.4, 0.5) is 5.69 Å². The molecule has 2 aromatic carbocycles. The standard InChI is InChI=1S/C21H22N4O3/c22-10-13-2-1-3-16(8-13)23-11-14-4-5-15-12-25(21(28)17(15)9-14)18-6-7-19(26)24-20(18)27/h1-5,8-9,18,23H,6-7,10-12,22H2,(H,24,26,27). The number of imide groups is 1. The van der Waals surface area contributed by atoms with Gasteiger partial charge in [-0.2, -0.15) is 0 Å². The van der Waals surface area contributed by atoms with Crippen molar-refractivity contribution >= 4 is 23.4 Å². The van der Waals surface area contributed by atoms with E-state index in [0.717, 1.165) is 22.4 Å². The average molecular weight is 378 g/mol. The molecule has 1 unspecified atom stereocenters. The number of hydrogen-bond donors (Lipinski definition) is 3. The van der Waals surface area contributed by atoms with Gasteiger partial charge in [0.2, 0.25) is 11.8 Å². The number of fused-ring (bicyclic) bond motifs is 1. The van der Waals surface area contributed by atoms with Crippen molar-refractivity contribution in [2.24, 2.45) is 5.73 Å². The molecule has 0 aromatic heterocycles. The topological polar surface area (TPSA) is 105 Å². The lowest BCUT2D eigenvalue weighted by atomic mass is 10.0. The molecule has 2 heterocycles. The van der Waals surface area contributed by atoms with E-state index in [9.17, 15) is 14.4 Å². The molecule has 0 saturated carbocycles. The predicted molar refractivity (Wildman–Crippen MR) is 104 cm³/mol. The predicted octanol–water partition coefficient (Wildman–Crippen LogP) is 1.52. The van der Waals surface area contributed by atoms with Crippen LogP contribution in [0.3, 0.4) is 0 Å². The second-order valence-corrected chi connectivity index (χ2v) is 7.15. The van der Waals surface area contributed by atoms with Crippen LogP contribution in [0.15, 0.2) is 42.5 Å². The lowest BCUT2D eigenvalue weighted by molar-refractivity contribution is -0.136. The minimum Gasteiger partial charge on any atom is -0.381 e. The van der Waals surface area contributed by atoms with E-state index in [-0.39, 0.29) is 24.1 Å². The molecule has 0 aliphatic carbocycles. The second kappa shape index (κ2) is 7.44. The minimum atomic E-state index is -0.585. The third-order valence-electron chi connectivity index (χ3n) is 5.25. The van der Waals surface area contributed by atoms with Crippen LogP contribution < -0.4 is 16.4 Å². The van der Waals surface area contributed by atoms with Gasteiger partial charge in [0.15, 0.2) is 0 Å². The highest BCUT2D eigenvalue weighted by molar-refractivity contribution is 6.05. The summed E-state index contributed by atoms with van der Waals surface area (Å²) in [5.74, 6) is -0.826. The van der Waals surface area contributed by atoms with Crippen LogP contribution in [0.1, 0.15) is 39.9 Å². The number of anilines is 1. The Balaban J connectivity index is 1.46. The summed E-state index contributed by atoms with van der Waals surface area (Å²) in [5, 5.41) is 5.67. The monoisotopic (exact) mass is 378 g/mol. The Kier molecular flexibility index (Phi) is 4.83. The molecule has 7 heteroatoms. The molecular formula is C21H22N4O3. The van der Waals surface area contributed by atoms with Crippen LogP contribution in [-0.4, -0.2) is 28.7 Å². The molecule has 0 radical (unpaired) electrons. The molecule has 1 atom stereocenters. The maximum absolute atomic E-state index is 12.9. The number of amides is 3. The van der Waals surface area contributed by atoms with Crippen LogP contribution in [0.25, 0.3) is 0 Å². The first kappa shape index (κ1) is 18.2. The zero-order chi connectivity index (χ0) is 19.7. The molecule has 1 saturated heterocycles. The molecule has 2 aromatic rings. The molecule has 0 spiro atoms. The van der Waals surface area contributed by atoms with Crippen LogP contribution in [0.5, 0.6) is 0 Å². The third-order valence-corrected chi connectivity index (χ3v) is 5.25. The van der Waals surface area contributed by atoms with E-state index in [1.165, 1.54) is 0 Å². The number of nitrogens with one attached hydrogen (secondary N) is 2. The Morgan fingerprint density at radius 2 is 1.96 bits per heavy atom. The largest absolute Gasteiger partial charge is 0.381 e. The van der Waals surface area contributed by atoms with Crippen molar-refractivity contribution in [2.45, 2.75) is 38.5 Å². The van der Waals surface area contributed by atoms with Crippen molar-refractivity contribution < 1.29 is 14.4 Å². The average Bonchev–Trinajstić information content (AvgIpc) is 3.02. The van der Waals surface area contributed by atoms with E-state index in [1.54, 1.807) is 4.90 Å². The summed E-state index contributed by atoms with van der Waals surface area (Å²) in [6, 6.07) is 13.1. The Bertz CT molecular complexity index is 956. The van der Waals surface area contributed by atoms with E-state index in [2.05, 4.69) is 10.6 Å². The molecule has 7 nitrogen and oxygen atoms in total. The van der Waals surface area contributed by atoms with Crippen LogP contribution in [0.2, 0.25) is 0 Å². The zero-order valence-electron chi connectivity index (χ0n) is 15.4. The van der Waals surface area contributed by atoms with Crippen molar-refractivity contribution in [3.63, 3.8) is 0 Å². The molecule has 0 bridgehead atoms. The number of hydrogen-bond acceptors (Lipinski definition) is 5. The van der Waals surface area contributed by atoms with Gasteiger partial charge in [-0.1, -0.05) is 24.3 Å². The third kappa shape index (κ3) is 3.48. The quantitative estimate of drug-likeness (QED) is 0.684. The van der Waals surface area contributed by atoms with Gasteiger partial charge in [0.1, 0.15) is 6.04 Å². The van der Waals surface area contributed by atoms with Gasteiger partial charge in [0.05, 0.1) is 0 Å². The molecule has 3 amide bonds. The summed E-state index contributed by atoms with van der Waals surface area (Å²) in [7, 11) is 0. The van der Waals surface area contributed by atoms with Gasteiger partial charge in [-0.3, -0.25) is 19.7 Å². The SMILES string of the molecule is NCc1cccc(NCc2ccc3c(c2)C(=O)N(C2CCC(=O)NC2=O)C3)c1. The van der Waals surface area contributed by atoms with E-state index < -0.39 is 6.04 Å². The van der Waals surface area contributed by atoms with Crippen molar-refractivity contribution in [1.82, 2.24) is 10.2 Å². The molecule has 4 rings (SSSR count). The summed E-state index contributed by atoms with van der Waals surface area (Å²) in [6.45, 7) is 1.46. The molecule has 2 aliphatic heterocycles. The van der Waals surface area contributed by atoms with Gasteiger partial charge in [-0.15, -0.1) is 0 Å². The maximum atomic E-state index is 12.9. The van der Waals surface area contributed by atoms with Gasteiger partial charge in [0, 0.05) is 37.3 Å². The zero-order valence-corrected chi connectivity index (χ0v) is 15.4. The number of benzene rings is 2. The Morgan fingerprint density at radius 1 is 1.11 bits per heavy atom. The number of nitrogens with two attached hydrogens (primary N) is 1. The number of piperidine rings is 1. The Morgan fingerprint density at radius 3 is 2.75 bits per heavy atom. The summed E-state index contributed by atoms with van der Waals surface area (Å²) in [5.41, 5.74) is 10.2. The van der Waals surface area contributed by atoms with Crippen molar-refractivity contribution in [2.75, 3.05) is 5.32 Å². The molecule has 28 heavy (non-hydrogen) atoms. The van der Waals surface area contributed by atoms with Crippen LogP contribution in [-0.2, 0) is 29.2 Å². The number of carbonyl (C=O) groups excluding carboxylic acids is 3. The van der Waals surface area contributed by atoms with E-state index in [1.807, 2.05) is 42.5 Å². The number of nitrogens with zero attached hydrogens (tertiary/aromatic N) is 1. The summed E-state index contributed by atoms with van der Waals surface area (Å²) in [4.78, 5) is 37.9. The normalized spacial score (nSPS) is 18.8. The Labute approximate surface area is 162 Å². The molecule has 1 fully saturated rings. The van der Waals surface area contributed by atoms with Crippen molar-refractivity contribution in [3.8, 4) is 0 Å². The van der Waals surface area contributed by atoms with E-state index >= 15 is 0 Å². The Hall–Kier alpha value is -3.19. The molecule has 2 aliphatic rings. The highest BCUT2D eigenvalue weighted by atomic mass is 16.2. The van der Waals surface area contributed by atoms with E-state index in [4.69, 9.17) is 5.73 Å². The second-order valence-electron chi connectivity index (χ2n) is 7.15. The minimum absolute atomic E-state index is 0.156. The number of rotatable bonds is 5. The smallest absolute Gasteiger partial charge is 0.255 e. The van der Waals surface area contributed by atoms with Gasteiger partial charge in [-0.25, -0.2) is 0 Å². The fourth-order valence-electron chi connectivity index (χ4n) is 3.72. The fraction of sp³-hybridized carbons (Fsp3) is 0.286. The first-order valence-electron chi connectivity index (χ1n) is 9.34. The van der Waals surface area contributed by atoms with Gasteiger partial charge < -0.3 is 16.0 Å². The molecule has 4 N–H and O–H groups in total. The molecule has 144 valence electrons. The maximum Gasteiger partial charge on any atom is 0.255 e. The summed E-state index contributed by atoms with van der Waals surface area (Å²) in [6.07, 6.45) is 0.629. The highest BCUT2D eigenvalue weighted by Gasteiger charge is 2.39. The van der Waals surface area contributed by atoms with Crippen LogP contribution in [0, 0.1) is 0 Å². The summed E-state index contributed by atoms with van der Waals surface area (Å²) >= 11 is 0. The fourth-order valence-corrected chi connectivity index (χ4v) is 3.72. The molecular weight excluding hydrogens is 356 g/mol. The first-order valence-corrected chi connectivity index (χ1v) is 9.34. The lowest BCUT2D eigenvalue weighted by Crippen LogP contribution is -2.52. The van der Waals surface area contributed by atoms with Gasteiger partial charge in [0.25, 0.3) is 5.91 Å². The first-order chi connectivity index (χ1) is 13.5. The summed E-state index contributed by atoms with van der Waals surface area (Å²) < 4.78 is 0. The van der Waals surface area contributed by atoms with Crippen LogP contribution >= 0.6 is 0 Å². The van der Waals surface area contributed by atoms with Crippen molar-refractivity contribution in [1.29, 1.82) is 0 Å². The van der Waals surface area contributed by atoms with Gasteiger partial charge >= 0.3 is 0 Å². The van der Waals surface area contributed by atoms with Crippen molar-refractivity contribution in [3.05, 3.63) is 64.7 Å². The highest BCUT2D eigenvalue weighted by Crippen LogP contribution is 2.28. The number of carbonyl (C=O) groups is 3.